The summed E-state index contributed by atoms with van der Waals surface area (Å²) in [5.41, 5.74) is 0. The van der Waals surface area contributed by atoms with Crippen molar-refractivity contribution in [3.8, 4) is 0 Å². The van der Waals surface area contributed by atoms with Gasteiger partial charge in [0.05, 0.1) is 13.1 Å². The Morgan fingerprint density at radius 3 is 3.06 bits per heavy atom. The predicted molar refractivity (Wildman–Crippen MR) is 57.7 cm³/mol. The first-order valence-corrected chi connectivity index (χ1v) is 5.29. The van der Waals surface area contributed by atoms with E-state index in [0.717, 1.165) is 18.9 Å². The number of nitrogens with zero attached hydrogens (tertiary/aromatic N) is 4. The zero-order valence-electron chi connectivity index (χ0n) is 9.47. The molecule has 0 unspecified atom stereocenters. The third kappa shape index (κ3) is 2.46. The highest BCUT2D eigenvalue weighted by atomic mass is 16.5. The summed E-state index contributed by atoms with van der Waals surface area (Å²) in [6.07, 6.45) is 3.69. The molecular weight excluding hydrogens is 206 g/mol. The second kappa shape index (κ2) is 4.89. The lowest BCUT2D eigenvalue weighted by Gasteiger charge is -2.04. The van der Waals surface area contributed by atoms with Gasteiger partial charge in [0, 0.05) is 19.3 Å². The number of aromatic nitrogens is 4. The maximum absolute atomic E-state index is 4.92. The molecule has 2 rings (SSSR count). The zero-order valence-corrected chi connectivity index (χ0v) is 9.47. The maximum atomic E-state index is 4.92. The number of rotatable bonds is 5. The normalized spacial score (nSPS) is 10.9. The third-order valence-corrected chi connectivity index (χ3v) is 2.22. The van der Waals surface area contributed by atoms with Crippen LogP contribution in [0.5, 0.6) is 0 Å². The summed E-state index contributed by atoms with van der Waals surface area (Å²) in [5.74, 6) is 2.24. The topological polar surface area (TPSA) is 68.8 Å². The van der Waals surface area contributed by atoms with Crippen LogP contribution in [0.25, 0.3) is 0 Å². The van der Waals surface area contributed by atoms with Gasteiger partial charge in [0.2, 0.25) is 5.89 Å². The van der Waals surface area contributed by atoms with Crippen molar-refractivity contribution in [1.82, 2.24) is 25.0 Å². The summed E-state index contributed by atoms with van der Waals surface area (Å²) in [6, 6.07) is 0. The molecule has 0 spiro atoms. The second-order valence-corrected chi connectivity index (χ2v) is 3.48. The zero-order chi connectivity index (χ0) is 11.4. The predicted octanol–water partition coefficient (Wildman–Crippen LogP) is 0.732. The van der Waals surface area contributed by atoms with Gasteiger partial charge in [-0.15, -0.1) is 0 Å². The lowest BCUT2D eigenvalue weighted by Crippen LogP contribution is -2.16. The third-order valence-electron chi connectivity index (χ3n) is 2.22. The van der Waals surface area contributed by atoms with Crippen molar-refractivity contribution in [1.29, 1.82) is 0 Å². The van der Waals surface area contributed by atoms with E-state index in [1.165, 1.54) is 0 Å². The molecule has 0 aromatic carbocycles. The molecule has 0 saturated carbocycles. The van der Waals surface area contributed by atoms with Crippen molar-refractivity contribution < 1.29 is 4.52 Å². The van der Waals surface area contributed by atoms with Crippen LogP contribution in [0, 0.1) is 6.92 Å². The monoisotopic (exact) mass is 221 g/mol. The quantitative estimate of drug-likeness (QED) is 0.806. The molecule has 1 N–H and O–H groups in total. The van der Waals surface area contributed by atoms with Gasteiger partial charge in [0.25, 0.3) is 0 Å². The summed E-state index contributed by atoms with van der Waals surface area (Å²) in [4.78, 5) is 8.43. The van der Waals surface area contributed by atoms with Crippen LogP contribution in [0.4, 0.5) is 0 Å². The Morgan fingerprint density at radius 2 is 2.38 bits per heavy atom. The number of aryl methyl sites for hydroxylation is 1. The Bertz CT molecular complexity index is 448. The van der Waals surface area contributed by atoms with Gasteiger partial charge in [-0.1, -0.05) is 12.1 Å². The molecule has 0 aliphatic rings. The van der Waals surface area contributed by atoms with Crippen LogP contribution >= 0.6 is 0 Å². The molecule has 0 saturated heterocycles. The van der Waals surface area contributed by atoms with E-state index in [2.05, 4.69) is 27.4 Å². The summed E-state index contributed by atoms with van der Waals surface area (Å²) < 4.78 is 6.93. The van der Waals surface area contributed by atoms with Crippen molar-refractivity contribution in [2.75, 3.05) is 6.54 Å². The molecule has 0 fully saturated rings. The van der Waals surface area contributed by atoms with E-state index >= 15 is 0 Å². The summed E-state index contributed by atoms with van der Waals surface area (Å²) >= 11 is 0. The Balaban J connectivity index is 2.06. The van der Waals surface area contributed by atoms with Gasteiger partial charge < -0.3 is 14.4 Å². The van der Waals surface area contributed by atoms with Crippen molar-refractivity contribution in [2.24, 2.45) is 0 Å². The molecule has 0 amide bonds. The molecule has 86 valence electrons. The summed E-state index contributed by atoms with van der Waals surface area (Å²) in [5, 5.41) is 7.09. The number of hydrogen-bond donors (Lipinski definition) is 1. The van der Waals surface area contributed by atoms with Gasteiger partial charge in [-0.05, 0) is 6.54 Å². The Labute approximate surface area is 93.7 Å². The fourth-order valence-electron chi connectivity index (χ4n) is 1.45. The Kier molecular flexibility index (Phi) is 3.31. The van der Waals surface area contributed by atoms with E-state index in [-0.39, 0.29) is 0 Å². The molecule has 0 bridgehead atoms. The molecule has 0 aliphatic heterocycles. The molecule has 6 nitrogen and oxygen atoms in total. The van der Waals surface area contributed by atoms with Crippen molar-refractivity contribution in [3.63, 3.8) is 0 Å². The van der Waals surface area contributed by atoms with E-state index in [1.54, 1.807) is 13.1 Å². The van der Waals surface area contributed by atoms with Crippen LogP contribution in [-0.4, -0.2) is 26.2 Å². The lowest BCUT2D eigenvalue weighted by atomic mass is 10.5. The first kappa shape index (κ1) is 10.8. The fraction of sp³-hybridized carbons (Fsp3) is 0.500. The van der Waals surface area contributed by atoms with Gasteiger partial charge in [-0.25, -0.2) is 4.98 Å². The standard InChI is InChI=1S/C10H15N5O/c1-3-11-6-10-12-4-5-15(10)7-9-13-8(2)16-14-9/h4-5,11H,3,6-7H2,1-2H3. The van der Waals surface area contributed by atoms with Crippen LogP contribution in [0.3, 0.4) is 0 Å². The van der Waals surface area contributed by atoms with E-state index < -0.39 is 0 Å². The van der Waals surface area contributed by atoms with Gasteiger partial charge in [-0.2, -0.15) is 4.98 Å². The molecule has 0 radical (unpaired) electrons. The largest absolute Gasteiger partial charge is 0.340 e. The first-order valence-electron chi connectivity index (χ1n) is 5.29. The van der Waals surface area contributed by atoms with Crippen LogP contribution in [0.15, 0.2) is 16.9 Å². The van der Waals surface area contributed by atoms with E-state index in [4.69, 9.17) is 4.52 Å². The molecule has 0 atom stereocenters. The molecular formula is C10H15N5O. The average Bonchev–Trinajstić information content (AvgIpc) is 2.86. The minimum absolute atomic E-state index is 0.586. The lowest BCUT2D eigenvalue weighted by molar-refractivity contribution is 0.385. The molecule has 16 heavy (non-hydrogen) atoms. The minimum atomic E-state index is 0.586. The average molecular weight is 221 g/mol. The van der Waals surface area contributed by atoms with E-state index in [0.29, 0.717) is 18.3 Å². The van der Waals surface area contributed by atoms with Crippen LogP contribution < -0.4 is 5.32 Å². The number of nitrogens with one attached hydrogen (secondary N) is 1. The smallest absolute Gasteiger partial charge is 0.223 e. The Morgan fingerprint density at radius 1 is 1.50 bits per heavy atom. The number of imidazole rings is 1. The van der Waals surface area contributed by atoms with Crippen molar-refractivity contribution in [2.45, 2.75) is 26.9 Å². The van der Waals surface area contributed by atoms with E-state index in [9.17, 15) is 0 Å². The highest BCUT2D eigenvalue weighted by Gasteiger charge is 2.06. The van der Waals surface area contributed by atoms with Gasteiger partial charge >= 0.3 is 0 Å². The molecule has 2 aromatic rings. The summed E-state index contributed by atoms with van der Waals surface area (Å²) in [6.45, 7) is 6.12. The van der Waals surface area contributed by atoms with Gasteiger partial charge in [-0.3, -0.25) is 0 Å². The molecule has 6 heteroatoms. The minimum Gasteiger partial charge on any atom is -0.340 e. The SMILES string of the molecule is CCNCc1nccn1Cc1noc(C)n1. The second-order valence-electron chi connectivity index (χ2n) is 3.48. The maximum Gasteiger partial charge on any atom is 0.223 e. The molecule has 0 aliphatic carbocycles. The fourth-order valence-corrected chi connectivity index (χ4v) is 1.45. The van der Waals surface area contributed by atoms with Gasteiger partial charge in [0.15, 0.2) is 5.82 Å². The van der Waals surface area contributed by atoms with Gasteiger partial charge in [0.1, 0.15) is 5.82 Å². The molecule has 2 heterocycles. The van der Waals surface area contributed by atoms with Crippen molar-refractivity contribution >= 4 is 0 Å². The Hall–Kier alpha value is -1.69. The number of hydrogen-bond acceptors (Lipinski definition) is 5. The summed E-state index contributed by atoms with van der Waals surface area (Å²) in [7, 11) is 0. The first-order chi connectivity index (χ1) is 7.79. The van der Waals surface area contributed by atoms with Crippen LogP contribution in [0.2, 0.25) is 0 Å². The van der Waals surface area contributed by atoms with Crippen LogP contribution in [0.1, 0.15) is 24.5 Å². The molecule has 2 aromatic heterocycles. The highest BCUT2D eigenvalue weighted by Crippen LogP contribution is 2.02. The van der Waals surface area contributed by atoms with E-state index in [1.807, 2.05) is 10.8 Å². The van der Waals surface area contributed by atoms with Crippen molar-refractivity contribution in [3.05, 3.63) is 29.9 Å². The van der Waals surface area contributed by atoms with Crippen LogP contribution in [-0.2, 0) is 13.1 Å². The highest BCUT2D eigenvalue weighted by molar-refractivity contribution is 4.96.